The minimum absolute atomic E-state index is 0.158. The number of phenols is 1. The number of hydrogen-bond acceptors (Lipinski definition) is 6. The Labute approximate surface area is 202 Å². The molecule has 1 aromatic heterocycles. The number of nitrogens with zero attached hydrogens (tertiary/aromatic N) is 1. The number of unbranched alkanes of at least 4 members (excludes halogenated alkanes) is 5. The van der Waals surface area contributed by atoms with Crippen LogP contribution in [0.1, 0.15) is 61.0 Å². The Hall–Kier alpha value is -2.97. The molecule has 34 heavy (non-hydrogen) atoms. The van der Waals surface area contributed by atoms with Crippen LogP contribution in [0.25, 0.3) is 0 Å². The van der Waals surface area contributed by atoms with Gasteiger partial charge < -0.3 is 26.8 Å². The van der Waals surface area contributed by atoms with E-state index in [1.54, 1.807) is 48.7 Å². The zero-order chi connectivity index (χ0) is 24.4. The van der Waals surface area contributed by atoms with Gasteiger partial charge in [-0.1, -0.05) is 43.9 Å². The Morgan fingerprint density at radius 2 is 1.56 bits per heavy atom. The van der Waals surface area contributed by atoms with Gasteiger partial charge in [-0.2, -0.15) is 0 Å². The van der Waals surface area contributed by atoms with Crippen molar-refractivity contribution < 1.29 is 14.7 Å². The summed E-state index contributed by atoms with van der Waals surface area (Å²) in [5, 5.41) is 18.7. The van der Waals surface area contributed by atoms with Gasteiger partial charge in [0.1, 0.15) is 17.5 Å². The van der Waals surface area contributed by atoms with E-state index in [0.29, 0.717) is 13.0 Å². The quantitative estimate of drug-likeness (QED) is 0.226. The number of hydrogen-bond donors (Lipinski definition) is 5. The fraction of sp³-hybridized carbons (Fsp3) is 0.500. The first-order chi connectivity index (χ1) is 16.6. The van der Waals surface area contributed by atoms with Gasteiger partial charge in [0.25, 0.3) is 5.91 Å². The van der Waals surface area contributed by atoms with Crippen molar-refractivity contribution in [1.29, 1.82) is 0 Å². The van der Waals surface area contributed by atoms with Crippen LogP contribution in [0.4, 0.5) is 0 Å². The Balaban J connectivity index is 1.72. The van der Waals surface area contributed by atoms with Crippen LogP contribution >= 0.6 is 0 Å². The molecule has 2 aromatic rings. The SMILES string of the molecule is NCCCNCCCCCCCCNC(=O)C(Cc1ccc(O)cc1)NC(=O)c1ccccn1. The molecule has 0 saturated heterocycles. The molecule has 1 unspecified atom stereocenters. The molecule has 0 aliphatic heterocycles. The van der Waals surface area contributed by atoms with Crippen molar-refractivity contribution in [2.24, 2.45) is 5.73 Å². The fourth-order valence-electron chi connectivity index (χ4n) is 3.58. The van der Waals surface area contributed by atoms with Crippen LogP contribution in [-0.2, 0) is 11.2 Å². The molecule has 0 aliphatic carbocycles. The molecular formula is C26H39N5O3. The van der Waals surface area contributed by atoms with Crippen LogP contribution in [0, 0.1) is 0 Å². The molecule has 0 aliphatic rings. The monoisotopic (exact) mass is 469 g/mol. The molecule has 0 spiro atoms. The number of nitrogens with two attached hydrogens (primary N) is 1. The third-order valence-electron chi connectivity index (χ3n) is 5.53. The fourth-order valence-corrected chi connectivity index (χ4v) is 3.58. The average molecular weight is 470 g/mol. The number of amides is 2. The van der Waals surface area contributed by atoms with E-state index in [1.807, 2.05) is 0 Å². The maximum atomic E-state index is 12.9. The summed E-state index contributed by atoms with van der Waals surface area (Å²) in [7, 11) is 0. The number of pyridine rings is 1. The lowest BCUT2D eigenvalue weighted by Crippen LogP contribution is -2.48. The van der Waals surface area contributed by atoms with Gasteiger partial charge in [-0.3, -0.25) is 14.6 Å². The summed E-state index contributed by atoms with van der Waals surface area (Å²) in [5.74, 6) is -0.455. The highest BCUT2D eigenvalue weighted by Gasteiger charge is 2.22. The molecule has 0 saturated carbocycles. The summed E-state index contributed by atoms with van der Waals surface area (Å²) in [5.41, 5.74) is 6.58. The molecular weight excluding hydrogens is 430 g/mol. The van der Waals surface area contributed by atoms with Crippen molar-refractivity contribution >= 4 is 11.8 Å². The van der Waals surface area contributed by atoms with Crippen molar-refractivity contribution in [2.75, 3.05) is 26.2 Å². The van der Waals surface area contributed by atoms with E-state index in [9.17, 15) is 14.7 Å². The molecule has 1 heterocycles. The largest absolute Gasteiger partial charge is 0.508 e. The van der Waals surface area contributed by atoms with Crippen molar-refractivity contribution in [3.05, 3.63) is 59.9 Å². The summed E-state index contributed by atoms with van der Waals surface area (Å²) < 4.78 is 0. The molecule has 2 rings (SSSR count). The van der Waals surface area contributed by atoms with Crippen LogP contribution in [0.15, 0.2) is 48.7 Å². The number of benzene rings is 1. The number of carbonyl (C=O) groups is 2. The van der Waals surface area contributed by atoms with Gasteiger partial charge in [0.05, 0.1) is 0 Å². The van der Waals surface area contributed by atoms with Gasteiger partial charge in [0.2, 0.25) is 5.91 Å². The molecule has 0 fully saturated rings. The third-order valence-corrected chi connectivity index (χ3v) is 5.53. The molecule has 2 amide bonds. The number of phenolic OH excluding ortho intramolecular Hbond substituents is 1. The standard InChI is InChI=1S/C26H39N5O3/c27-15-9-17-28-16-6-3-1-2-4-7-19-30-25(33)24(20-21-11-13-22(32)14-12-21)31-26(34)23-10-5-8-18-29-23/h5,8,10-14,18,24,28,32H,1-4,6-7,9,15-17,19-20,27H2,(H,30,33)(H,31,34). The van der Waals surface area contributed by atoms with Crippen molar-refractivity contribution in [3.8, 4) is 5.75 Å². The normalized spacial score (nSPS) is 11.7. The van der Waals surface area contributed by atoms with Gasteiger partial charge in [-0.15, -0.1) is 0 Å². The highest BCUT2D eigenvalue weighted by molar-refractivity contribution is 5.96. The minimum atomic E-state index is -0.731. The first kappa shape index (κ1) is 27.3. The molecule has 6 N–H and O–H groups in total. The van der Waals surface area contributed by atoms with Gasteiger partial charge in [-0.05, 0) is 68.7 Å². The van der Waals surface area contributed by atoms with Crippen LogP contribution in [0.3, 0.4) is 0 Å². The third kappa shape index (κ3) is 11.2. The summed E-state index contributed by atoms with van der Waals surface area (Å²) >= 11 is 0. The van der Waals surface area contributed by atoms with E-state index in [0.717, 1.165) is 50.9 Å². The maximum absolute atomic E-state index is 12.9. The molecule has 8 heteroatoms. The molecule has 186 valence electrons. The highest BCUT2D eigenvalue weighted by Crippen LogP contribution is 2.12. The van der Waals surface area contributed by atoms with Gasteiger partial charge >= 0.3 is 0 Å². The second kappa shape index (κ2) is 16.6. The average Bonchev–Trinajstić information content (AvgIpc) is 2.86. The highest BCUT2D eigenvalue weighted by atomic mass is 16.3. The number of aromatic hydroxyl groups is 1. The topological polar surface area (TPSA) is 129 Å². The predicted octanol–water partition coefficient (Wildman–Crippen LogP) is 2.52. The predicted molar refractivity (Wildman–Crippen MR) is 135 cm³/mol. The maximum Gasteiger partial charge on any atom is 0.270 e. The number of nitrogens with one attached hydrogen (secondary N) is 3. The zero-order valence-corrected chi connectivity index (χ0v) is 20.0. The molecule has 0 bridgehead atoms. The number of rotatable bonds is 17. The first-order valence-corrected chi connectivity index (χ1v) is 12.3. The lowest BCUT2D eigenvalue weighted by atomic mass is 10.0. The molecule has 1 atom stereocenters. The molecule has 1 aromatic carbocycles. The van der Waals surface area contributed by atoms with Crippen LogP contribution in [-0.4, -0.2) is 54.1 Å². The second-order valence-corrected chi connectivity index (χ2v) is 8.42. The van der Waals surface area contributed by atoms with Crippen molar-refractivity contribution in [1.82, 2.24) is 20.9 Å². The van der Waals surface area contributed by atoms with E-state index >= 15 is 0 Å². The van der Waals surface area contributed by atoms with E-state index < -0.39 is 11.9 Å². The van der Waals surface area contributed by atoms with Crippen molar-refractivity contribution in [2.45, 2.75) is 57.4 Å². The smallest absolute Gasteiger partial charge is 0.270 e. The van der Waals surface area contributed by atoms with Crippen molar-refractivity contribution in [3.63, 3.8) is 0 Å². The van der Waals surface area contributed by atoms with Crippen LogP contribution in [0.5, 0.6) is 5.75 Å². The van der Waals surface area contributed by atoms with Gasteiger partial charge in [-0.25, -0.2) is 0 Å². The Kier molecular flexibility index (Phi) is 13.3. The summed E-state index contributed by atoms with van der Waals surface area (Å²) in [6.45, 7) is 3.34. The zero-order valence-electron chi connectivity index (χ0n) is 20.0. The first-order valence-electron chi connectivity index (χ1n) is 12.3. The summed E-state index contributed by atoms with van der Waals surface area (Å²) in [4.78, 5) is 29.5. The van der Waals surface area contributed by atoms with E-state index in [2.05, 4.69) is 20.9 Å². The molecule has 8 nitrogen and oxygen atoms in total. The van der Waals surface area contributed by atoms with E-state index in [-0.39, 0.29) is 17.4 Å². The second-order valence-electron chi connectivity index (χ2n) is 8.42. The van der Waals surface area contributed by atoms with E-state index in [1.165, 1.54) is 19.3 Å². The van der Waals surface area contributed by atoms with Gasteiger partial charge in [0.15, 0.2) is 0 Å². The van der Waals surface area contributed by atoms with E-state index in [4.69, 9.17) is 5.73 Å². The summed E-state index contributed by atoms with van der Waals surface area (Å²) in [6, 6.07) is 11.0. The Morgan fingerprint density at radius 3 is 2.24 bits per heavy atom. The molecule has 0 radical (unpaired) electrons. The lowest BCUT2D eigenvalue weighted by molar-refractivity contribution is -0.122. The Bertz CT molecular complexity index is 830. The van der Waals surface area contributed by atoms with Crippen LogP contribution < -0.4 is 21.7 Å². The lowest BCUT2D eigenvalue weighted by Gasteiger charge is -2.18. The van der Waals surface area contributed by atoms with Gasteiger partial charge in [0, 0.05) is 19.2 Å². The number of aromatic nitrogens is 1. The summed E-state index contributed by atoms with van der Waals surface area (Å²) in [6.07, 6.45) is 9.57. The minimum Gasteiger partial charge on any atom is -0.508 e. The number of carbonyl (C=O) groups excluding carboxylic acids is 2. The Morgan fingerprint density at radius 1 is 0.882 bits per heavy atom. The van der Waals surface area contributed by atoms with Crippen LogP contribution in [0.2, 0.25) is 0 Å².